The Morgan fingerprint density at radius 1 is 1.31 bits per heavy atom. The van der Waals surface area contributed by atoms with Gasteiger partial charge in [0.2, 0.25) is 0 Å². The van der Waals surface area contributed by atoms with Crippen molar-refractivity contribution in [3.05, 3.63) is 35.9 Å². The molecule has 0 radical (unpaired) electrons. The van der Waals surface area contributed by atoms with E-state index in [2.05, 4.69) is 0 Å². The van der Waals surface area contributed by atoms with Gasteiger partial charge in [-0.15, -0.1) is 0 Å². The third-order valence-corrected chi connectivity index (χ3v) is 4.01. The molecule has 16 heavy (non-hydrogen) atoms. The second-order valence-corrected chi connectivity index (χ2v) is 5.20. The highest BCUT2D eigenvalue weighted by Gasteiger charge is 2.61. The van der Waals surface area contributed by atoms with Gasteiger partial charge in [0.1, 0.15) is 5.78 Å². The van der Waals surface area contributed by atoms with Crippen LogP contribution in [0.3, 0.4) is 0 Å². The zero-order valence-corrected chi connectivity index (χ0v) is 9.27. The minimum atomic E-state index is -0.741. The van der Waals surface area contributed by atoms with E-state index in [0.29, 0.717) is 11.5 Å². The summed E-state index contributed by atoms with van der Waals surface area (Å²) in [5.74, 6) is 0.861. The molecule has 2 saturated carbocycles. The molecule has 2 aliphatic rings. The van der Waals surface area contributed by atoms with Crippen molar-refractivity contribution in [1.82, 2.24) is 0 Å². The Balaban J connectivity index is 1.94. The number of carbonyl (C=O) groups is 2. The van der Waals surface area contributed by atoms with Gasteiger partial charge in [-0.1, -0.05) is 30.3 Å². The van der Waals surface area contributed by atoms with Crippen LogP contribution in [0.2, 0.25) is 0 Å². The first-order valence-corrected chi connectivity index (χ1v) is 5.77. The number of rotatable bonds is 2. The van der Waals surface area contributed by atoms with Crippen LogP contribution in [0.15, 0.2) is 30.3 Å². The third kappa shape index (κ3) is 1.19. The summed E-state index contributed by atoms with van der Waals surface area (Å²) in [6, 6.07) is 9.16. The second-order valence-electron chi connectivity index (χ2n) is 5.20. The van der Waals surface area contributed by atoms with Gasteiger partial charge in [0.15, 0.2) is 5.78 Å². The largest absolute Gasteiger partial charge is 0.298 e. The van der Waals surface area contributed by atoms with Crippen molar-refractivity contribution >= 4 is 11.6 Å². The number of ketones is 2. The average molecular weight is 214 g/mol. The molecule has 0 spiro atoms. The summed E-state index contributed by atoms with van der Waals surface area (Å²) >= 11 is 0. The zero-order chi connectivity index (χ0) is 11.3. The minimum absolute atomic E-state index is 0.00491. The molecular formula is C14H14O2. The first-order chi connectivity index (χ1) is 7.63. The van der Waals surface area contributed by atoms with Gasteiger partial charge >= 0.3 is 0 Å². The van der Waals surface area contributed by atoms with Crippen molar-refractivity contribution in [3.63, 3.8) is 0 Å². The molecule has 0 aromatic heterocycles. The van der Waals surface area contributed by atoms with Crippen molar-refractivity contribution in [3.8, 4) is 0 Å². The monoisotopic (exact) mass is 214 g/mol. The molecule has 1 aromatic rings. The average Bonchev–Trinajstić information content (AvgIpc) is 3.01. The number of Topliss-reactive ketones (excluding diaryl/α,β-unsaturated/α-hetero) is 2. The van der Waals surface area contributed by atoms with E-state index in [1.54, 1.807) is 12.1 Å². The fraction of sp³-hybridized carbons (Fsp3) is 0.429. The molecule has 0 aliphatic heterocycles. The Morgan fingerprint density at radius 3 is 2.56 bits per heavy atom. The fourth-order valence-corrected chi connectivity index (χ4v) is 2.94. The fourth-order valence-electron chi connectivity index (χ4n) is 2.94. The van der Waals surface area contributed by atoms with Crippen LogP contribution in [-0.4, -0.2) is 11.6 Å². The van der Waals surface area contributed by atoms with Crippen molar-refractivity contribution in [2.45, 2.75) is 19.8 Å². The van der Waals surface area contributed by atoms with E-state index in [0.717, 1.165) is 12.8 Å². The lowest BCUT2D eigenvalue weighted by atomic mass is 9.77. The molecule has 0 bridgehead atoms. The van der Waals surface area contributed by atoms with Gasteiger partial charge in [0.05, 0.1) is 5.41 Å². The topological polar surface area (TPSA) is 34.1 Å². The molecule has 0 saturated heterocycles. The van der Waals surface area contributed by atoms with Crippen LogP contribution in [-0.2, 0) is 4.79 Å². The Hall–Kier alpha value is -1.44. The van der Waals surface area contributed by atoms with Gasteiger partial charge in [0.25, 0.3) is 0 Å². The van der Waals surface area contributed by atoms with E-state index in [1.165, 1.54) is 0 Å². The molecule has 0 N–H and O–H groups in total. The molecule has 1 aromatic carbocycles. The highest BCUT2D eigenvalue weighted by molar-refractivity contribution is 6.16. The predicted octanol–water partition coefficient (Wildman–Crippen LogP) is 2.48. The van der Waals surface area contributed by atoms with Crippen LogP contribution < -0.4 is 0 Å². The van der Waals surface area contributed by atoms with E-state index < -0.39 is 5.41 Å². The van der Waals surface area contributed by atoms with E-state index in [1.807, 2.05) is 25.1 Å². The molecule has 3 rings (SSSR count). The molecule has 0 amide bonds. The van der Waals surface area contributed by atoms with E-state index in [-0.39, 0.29) is 17.5 Å². The minimum Gasteiger partial charge on any atom is -0.298 e. The van der Waals surface area contributed by atoms with Crippen LogP contribution in [0.5, 0.6) is 0 Å². The molecular weight excluding hydrogens is 200 g/mol. The second kappa shape index (κ2) is 3.03. The van der Waals surface area contributed by atoms with E-state index in [4.69, 9.17) is 0 Å². The van der Waals surface area contributed by atoms with Gasteiger partial charge in [-0.2, -0.15) is 0 Å². The number of carbonyl (C=O) groups excluding carboxylic acids is 2. The number of benzene rings is 1. The first-order valence-electron chi connectivity index (χ1n) is 5.77. The van der Waals surface area contributed by atoms with Crippen LogP contribution in [0.1, 0.15) is 30.1 Å². The Bertz CT molecular complexity index is 463. The van der Waals surface area contributed by atoms with Crippen molar-refractivity contribution < 1.29 is 9.59 Å². The Labute approximate surface area is 94.7 Å². The standard InChI is InChI=1S/C14H14O2/c1-14(8-10-7-11(10)13(14)16)12(15)9-5-3-2-4-6-9/h2-6,10-11H,7-8H2,1H3. The lowest BCUT2D eigenvalue weighted by molar-refractivity contribution is -0.125. The molecule has 3 atom stereocenters. The summed E-state index contributed by atoms with van der Waals surface area (Å²) < 4.78 is 0. The highest BCUT2D eigenvalue weighted by Crippen LogP contribution is 2.57. The Morgan fingerprint density at radius 2 is 2.00 bits per heavy atom. The summed E-state index contributed by atoms with van der Waals surface area (Å²) in [7, 11) is 0. The van der Waals surface area contributed by atoms with Gasteiger partial charge in [0, 0.05) is 11.5 Å². The summed E-state index contributed by atoms with van der Waals surface area (Å²) in [6.45, 7) is 1.82. The van der Waals surface area contributed by atoms with Crippen LogP contribution in [0.4, 0.5) is 0 Å². The quantitative estimate of drug-likeness (QED) is 0.560. The SMILES string of the molecule is CC1(C(=O)c2ccccc2)CC2CC2C1=O. The van der Waals surface area contributed by atoms with Crippen molar-refractivity contribution in [2.75, 3.05) is 0 Å². The summed E-state index contributed by atoms with van der Waals surface area (Å²) in [6.07, 6.45) is 1.76. The molecule has 2 nitrogen and oxygen atoms in total. The third-order valence-electron chi connectivity index (χ3n) is 4.01. The van der Waals surface area contributed by atoms with Gasteiger partial charge < -0.3 is 0 Å². The van der Waals surface area contributed by atoms with E-state index in [9.17, 15) is 9.59 Å². The Kier molecular flexibility index (Phi) is 1.85. The molecule has 0 heterocycles. The van der Waals surface area contributed by atoms with Gasteiger partial charge in [-0.25, -0.2) is 0 Å². The first kappa shape index (κ1) is 9.76. The normalized spacial score (nSPS) is 35.9. The lowest BCUT2D eigenvalue weighted by Gasteiger charge is -2.22. The summed E-state index contributed by atoms with van der Waals surface area (Å²) in [4.78, 5) is 24.4. The molecule has 2 fully saturated rings. The molecule has 2 aliphatic carbocycles. The predicted molar refractivity (Wildman–Crippen MR) is 60.1 cm³/mol. The smallest absolute Gasteiger partial charge is 0.176 e. The zero-order valence-electron chi connectivity index (χ0n) is 9.27. The van der Waals surface area contributed by atoms with Gasteiger partial charge in [-0.3, -0.25) is 9.59 Å². The summed E-state index contributed by atoms with van der Waals surface area (Å²) in [5.41, 5.74) is -0.0748. The molecule has 82 valence electrons. The summed E-state index contributed by atoms with van der Waals surface area (Å²) in [5, 5.41) is 0. The van der Waals surface area contributed by atoms with Gasteiger partial charge in [-0.05, 0) is 25.7 Å². The van der Waals surface area contributed by atoms with Crippen LogP contribution in [0.25, 0.3) is 0 Å². The van der Waals surface area contributed by atoms with E-state index >= 15 is 0 Å². The highest BCUT2D eigenvalue weighted by atomic mass is 16.2. The maximum atomic E-state index is 12.3. The number of hydrogen-bond acceptors (Lipinski definition) is 2. The van der Waals surface area contributed by atoms with Crippen molar-refractivity contribution in [2.24, 2.45) is 17.3 Å². The maximum absolute atomic E-state index is 12.3. The molecule has 2 heteroatoms. The number of fused-ring (bicyclic) bond motifs is 1. The molecule has 3 unspecified atom stereocenters. The number of hydrogen-bond donors (Lipinski definition) is 0. The van der Waals surface area contributed by atoms with Crippen LogP contribution in [0, 0.1) is 17.3 Å². The lowest BCUT2D eigenvalue weighted by Crippen LogP contribution is -2.34. The van der Waals surface area contributed by atoms with Crippen molar-refractivity contribution in [1.29, 1.82) is 0 Å². The maximum Gasteiger partial charge on any atom is 0.176 e. The van der Waals surface area contributed by atoms with Crippen LogP contribution >= 0.6 is 0 Å².